The van der Waals surface area contributed by atoms with E-state index in [9.17, 15) is 10.1 Å². The lowest BCUT2D eigenvalue weighted by molar-refractivity contribution is -0.385. The number of methoxy groups -OCH3 is 1. The SMILES string of the molecule is COc1ccc([N+](=O)[O-])cc1CN1CCCn2cccc2[C@H]1c1ccc(C)c(C)c1. The van der Waals surface area contributed by atoms with Gasteiger partial charge in [-0.1, -0.05) is 18.2 Å². The summed E-state index contributed by atoms with van der Waals surface area (Å²) in [4.78, 5) is 13.4. The second-order valence-corrected chi connectivity index (χ2v) is 7.95. The summed E-state index contributed by atoms with van der Waals surface area (Å²) in [7, 11) is 1.61. The Labute approximate surface area is 176 Å². The molecule has 0 saturated carbocycles. The molecule has 30 heavy (non-hydrogen) atoms. The van der Waals surface area contributed by atoms with Gasteiger partial charge in [0.1, 0.15) is 5.75 Å². The van der Waals surface area contributed by atoms with Crippen LogP contribution >= 0.6 is 0 Å². The molecule has 1 aromatic heterocycles. The topological polar surface area (TPSA) is 60.5 Å². The Balaban J connectivity index is 1.78. The van der Waals surface area contributed by atoms with Crippen LogP contribution in [0.15, 0.2) is 54.7 Å². The highest BCUT2D eigenvalue weighted by Gasteiger charge is 2.28. The maximum absolute atomic E-state index is 11.3. The monoisotopic (exact) mass is 405 g/mol. The van der Waals surface area contributed by atoms with Crippen molar-refractivity contribution in [2.75, 3.05) is 13.7 Å². The maximum Gasteiger partial charge on any atom is 0.270 e. The van der Waals surface area contributed by atoms with Crippen LogP contribution in [-0.4, -0.2) is 28.0 Å². The van der Waals surface area contributed by atoms with Gasteiger partial charge in [0.15, 0.2) is 0 Å². The van der Waals surface area contributed by atoms with Crippen LogP contribution < -0.4 is 4.74 Å². The van der Waals surface area contributed by atoms with E-state index in [1.165, 1.54) is 28.5 Å². The number of ether oxygens (including phenoxy) is 1. The molecular formula is C24H27N3O3. The van der Waals surface area contributed by atoms with E-state index < -0.39 is 0 Å². The highest BCUT2D eigenvalue weighted by atomic mass is 16.6. The number of benzene rings is 2. The summed E-state index contributed by atoms with van der Waals surface area (Å²) in [6.07, 6.45) is 3.15. The van der Waals surface area contributed by atoms with Crippen LogP contribution in [0.1, 0.15) is 40.4 Å². The minimum absolute atomic E-state index is 0.0748. The minimum Gasteiger partial charge on any atom is -0.496 e. The predicted molar refractivity (Wildman–Crippen MR) is 117 cm³/mol. The molecule has 6 heteroatoms. The van der Waals surface area contributed by atoms with Crippen molar-refractivity contribution in [1.29, 1.82) is 0 Å². The van der Waals surface area contributed by atoms with Gasteiger partial charge in [0, 0.05) is 49.2 Å². The molecule has 1 atom stereocenters. The lowest BCUT2D eigenvalue weighted by Gasteiger charge is -2.31. The molecule has 0 N–H and O–H groups in total. The number of fused-ring (bicyclic) bond motifs is 1. The Kier molecular flexibility index (Phi) is 5.59. The molecule has 0 spiro atoms. The number of hydrogen-bond acceptors (Lipinski definition) is 4. The summed E-state index contributed by atoms with van der Waals surface area (Å²) < 4.78 is 7.85. The van der Waals surface area contributed by atoms with Crippen LogP contribution in [0.3, 0.4) is 0 Å². The lowest BCUT2D eigenvalue weighted by atomic mass is 9.97. The number of nitrogens with zero attached hydrogens (tertiary/aromatic N) is 3. The zero-order valence-electron chi connectivity index (χ0n) is 17.7. The number of nitro groups is 1. The average Bonchev–Trinajstić information content (AvgIpc) is 3.11. The van der Waals surface area contributed by atoms with Crippen molar-refractivity contribution in [3.05, 3.63) is 92.8 Å². The molecule has 3 aromatic rings. The van der Waals surface area contributed by atoms with Gasteiger partial charge in [0.2, 0.25) is 0 Å². The molecule has 0 aliphatic carbocycles. The van der Waals surface area contributed by atoms with Gasteiger partial charge in [-0.25, -0.2) is 0 Å². The van der Waals surface area contributed by atoms with Crippen LogP contribution in [0, 0.1) is 24.0 Å². The number of aromatic nitrogens is 1. The number of hydrogen-bond donors (Lipinski definition) is 0. The van der Waals surface area contributed by atoms with E-state index in [2.05, 4.69) is 59.8 Å². The van der Waals surface area contributed by atoms with Gasteiger partial charge in [0.05, 0.1) is 18.1 Å². The summed E-state index contributed by atoms with van der Waals surface area (Å²) in [5.74, 6) is 0.680. The first-order chi connectivity index (χ1) is 14.5. The first-order valence-corrected chi connectivity index (χ1v) is 10.3. The van der Waals surface area contributed by atoms with E-state index in [0.717, 1.165) is 25.1 Å². The van der Waals surface area contributed by atoms with Gasteiger partial charge in [-0.05, 0) is 55.2 Å². The fourth-order valence-corrected chi connectivity index (χ4v) is 4.35. The summed E-state index contributed by atoms with van der Waals surface area (Å²) >= 11 is 0. The summed E-state index contributed by atoms with van der Waals surface area (Å²) in [6, 6.07) is 15.8. The largest absolute Gasteiger partial charge is 0.496 e. The molecule has 0 bridgehead atoms. The van der Waals surface area contributed by atoms with E-state index in [0.29, 0.717) is 12.3 Å². The van der Waals surface area contributed by atoms with Crippen molar-refractivity contribution in [3.63, 3.8) is 0 Å². The van der Waals surface area contributed by atoms with Crippen molar-refractivity contribution >= 4 is 5.69 Å². The Hall–Kier alpha value is -3.12. The van der Waals surface area contributed by atoms with Crippen LogP contribution in [0.25, 0.3) is 0 Å². The van der Waals surface area contributed by atoms with E-state index >= 15 is 0 Å². The van der Waals surface area contributed by atoms with Crippen molar-refractivity contribution in [2.24, 2.45) is 0 Å². The third kappa shape index (κ3) is 3.83. The van der Waals surface area contributed by atoms with Crippen LogP contribution in [0.2, 0.25) is 0 Å². The van der Waals surface area contributed by atoms with Gasteiger partial charge in [-0.2, -0.15) is 0 Å². The summed E-state index contributed by atoms with van der Waals surface area (Å²) in [5.41, 5.74) is 5.95. The Morgan fingerprint density at radius 2 is 1.93 bits per heavy atom. The maximum atomic E-state index is 11.3. The van der Waals surface area contributed by atoms with Gasteiger partial charge in [-0.15, -0.1) is 0 Å². The molecule has 0 unspecified atom stereocenters. The lowest BCUT2D eigenvalue weighted by Crippen LogP contribution is -2.29. The number of aryl methyl sites for hydroxylation is 3. The molecule has 1 aliphatic rings. The average molecular weight is 405 g/mol. The molecule has 0 fully saturated rings. The molecule has 0 radical (unpaired) electrons. The standard InChI is InChI=1S/C24H27N3O3/c1-17-7-8-19(14-18(17)2)24-22-6-4-11-25(22)12-5-13-26(24)16-20-15-21(27(28)29)9-10-23(20)30-3/h4,6-11,14-15,24H,5,12-13,16H2,1-3H3/t24-/m1/s1. The molecule has 2 heterocycles. The Bertz CT molecular complexity index is 1070. The molecule has 0 saturated heterocycles. The highest BCUT2D eigenvalue weighted by Crippen LogP contribution is 2.35. The van der Waals surface area contributed by atoms with Crippen LogP contribution in [0.4, 0.5) is 5.69 Å². The van der Waals surface area contributed by atoms with E-state index in [1.807, 2.05) is 0 Å². The molecule has 6 nitrogen and oxygen atoms in total. The number of rotatable bonds is 5. The van der Waals surface area contributed by atoms with Gasteiger partial charge in [0.25, 0.3) is 5.69 Å². The fourth-order valence-electron chi connectivity index (χ4n) is 4.35. The van der Waals surface area contributed by atoms with E-state index in [-0.39, 0.29) is 16.7 Å². The quantitative estimate of drug-likeness (QED) is 0.442. The van der Waals surface area contributed by atoms with Crippen molar-refractivity contribution in [3.8, 4) is 5.75 Å². The second kappa shape index (κ2) is 8.32. The van der Waals surface area contributed by atoms with Crippen LogP contribution in [0.5, 0.6) is 5.75 Å². The molecule has 2 aromatic carbocycles. The molecule has 4 rings (SSSR count). The minimum atomic E-state index is -0.350. The van der Waals surface area contributed by atoms with Gasteiger partial charge in [-0.3, -0.25) is 15.0 Å². The smallest absolute Gasteiger partial charge is 0.270 e. The second-order valence-electron chi connectivity index (χ2n) is 7.95. The first-order valence-electron chi connectivity index (χ1n) is 10.3. The third-order valence-electron chi connectivity index (χ3n) is 6.05. The van der Waals surface area contributed by atoms with E-state index in [1.54, 1.807) is 19.2 Å². The molecular weight excluding hydrogens is 378 g/mol. The van der Waals surface area contributed by atoms with Gasteiger partial charge >= 0.3 is 0 Å². The van der Waals surface area contributed by atoms with Crippen LogP contribution in [-0.2, 0) is 13.1 Å². The first kappa shape index (κ1) is 20.2. The van der Waals surface area contributed by atoms with Crippen molar-refractivity contribution in [1.82, 2.24) is 9.47 Å². The fraction of sp³-hybridized carbons (Fsp3) is 0.333. The van der Waals surface area contributed by atoms with Crippen molar-refractivity contribution < 1.29 is 9.66 Å². The van der Waals surface area contributed by atoms with Crippen molar-refractivity contribution in [2.45, 2.75) is 39.4 Å². The molecule has 0 amide bonds. The summed E-state index contributed by atoms with van der Waals surface area (Å²) in [5, 5.41) is 11.3. The zero-order valence-corrected chi connectivity index (χ0v) is 17.7. The molecule has 1 aliphatic heterocycles. The van der Waals surface area contributed by atoms with Gasteiger partial charge < -0.3 is 9.30 Å². The summed E-state index contributed by atoms with van der Waals surface area (Å²) in [6.45, 7) is 6.70. The predicted octanol–water partition coefficient (Wildman–Crippen LogP) is 5.02. The number of nitro benzene ring substituents is 1. The number of non-ortho nitro benzene ring substituents is 1. The normalized spacial score (nSPS) is 16.7. The molecule has 156 valence electrons. The van der Waals surface area contributed by atoms with E-state index in [4.69, 9.17) is 4.74 Å². The zero-order chi connectivity index (χ0) is 21.3. The third-order valence-corrected chi connectivity index (χ3v) is 6.05. The highest BCUT2D eigenvalue weighted by molar-refractivity contribution is 5.44. The Morgan fingerprint density at radius 1 is 1.10 bits per heavy atom. The Morgan fingerprint density at radius 3 is 2.67 bits per heavy atom.